The quantitative estimate of drug-likeness (QED) is 0.401. The molecule has 0 aliphatic rings. The van der Waals surface area contributed by atoms with Gasteiger partial charge in [-0.05, 0) is 17.7 Å². The van der Waals surface area contributed by atoms with Gasteiger partial charge in [0.05, 0.1) is 6.21 Å². The number of hydrazone groups is 1. The molecule has 68 valence electrons. The first-order valence-corrected chi connectivity index (χ1v) is 3.83. The summed E-state index contributed by atoms with van der Waals surface area (Å²) in [6, 6.07) is 7.26. The van der Waals surface area contributed by atoms with Gasteiger partial charge in [0.25, 0.3) is 0 Å². The largest absolute Gasteiger partial charge is 0.326 e. The Labute approximate surface area is 76.4 Å². The van der Waals surface area contributed by atoms with Crippen molar-refractivity contribution in [3.8, 4) is 0 Å². The molecular formula is C9H11N3O. The Balaban J connectivity index is 2.85. The van der Waals surface area contributed by atoms with Crippen LogP contribution in [0.5, 0.6) is 0 Å². The normalized spacial score (nSPS) is 10.2. The highest BCUT2D eigenvalue weighted by molar-refractivity contribution is 5.90. The van der Waals surface area contributed by atoms with Crippen LogP contribution in [0, 0.1) is 0 Å². The molecule has 0 atom stereocenters. The van der Waals surface area contributed by atoms with Crippen molar-refractivity contribution in [1.29, 1.82) is 0 Å². The van der Waals surface area contributed by atoms with E-state index in [9.17, 15) is 4.79 Å². The third-order valence-corrected chi connectivity index (χ3v) is 1.43. The summed E-state index contributed by atoms with van der Waals surface area (Å²) < 4.78 is 0. The van der Waals surface area contributed by atoms with Crippen molar-refractivity contribution in [3.63, 3.8) is 0 Å². The maximum absolute atomic E-state index is 10.7. The van der Waals surface area contributed by atoms with E-state index in [0.29, 0.717) is 0 Å². The molecule has 0 aromatic heterocycles. The first-order valence-electron chi connectivity index (χ1n) is 3.83. The average molecular weight is 177 g/mol. The van der Waals surface area contributed by atoms with Crippen LogP contribution in [-0.4, -0.2) is 12.1 Å². The second-order valence-corrected chi connectivity index (χ2v) is 2.58. The van der Waals surface area contributed by atoms with Gasteiger partial charge in [-0.15, -0.1) is 0 Å². The standard InChI is InChI=1S/C9H11N3O/c1-7(13)12-9-4-2-3-8(5-9)6-11-10/h2-6H,10H2,1H3,(H,12,13). The molecule has 0 radical (unpaired) electrons. The van der Waals surface area contributed by atoms with Crippen molar-refractivity contribution >= 4 is 17.8 Å². The monoisotopic (exact) mass is 177 g/mol. The van der Waals surface area contributed by atoms with E-state index in [0.717, 1.165) is 11.3 Å². The summed E-state index contributed by atoms with van der Waals surface area (Å²) in [5.41, 5.74) is 1.60. The van der Waals surface area contributed by atoms with Crippen LogP contribution in [-0.2, 0) is 4.79 Å². The van der Waals surface area contributed by atoms with E-state index in [1.807, 2.05) is 12.1 Å². The molecule has 0 spiro atoms. The minimum absolute atomic E-state index is 0.0955. The van der Waals surface area contributed by atoms with Crippen LogP contribution in [0.3, 0.4) is 0 Å². The van der Waals surface area contributed by atoms with Crippen molar-refractivity contribution in [2.45, 2.75) is 6.92 Å². The van der Waals surface area contributed by atoms with Gasteiger partial charge in [-0.25, -0.2) is 0 Å². The molecule has 1 amide bonds. The maximum atomic E-state index is 10.7. The predicted octanol–water partition coefficient (Wildman–Crippen LogP) is 0.938. The number of hydrogen-bond donors (Lipinski definition) is 2. The second-order valence-electron chi connectivity index (χ2n) is 2.58. The number of nitrogens with two attached hydrogens (primary N) is 1. The predicted molar refractivity (Wildman–Crippen MR) is 52.5 cm³/mol. The molecule has 1 rings (SSSR count). The molecule has 0 fully saturated rings. The number of rotatable bonds is 2. The van der Waals surface area contributed by atoms with Crippen LogP contribution in [0.15, 0.2) is 29.4 Å². The van der Waals surface area contributed by atoms with E-state index in [2.05, 4.69) is 10.4 Å². The first-order chi connectivity index (χ1) is 6.22. The lowest BCUT2D eigenvalue weighted by molar-refractivity contribution is -0.114. The molecule has 0 saturated carbocycles. The smallest absolute Gasteiger partial charge is 0.221 e. The van der Waals surface area contributed by atoms with Gasteiger partial charge in [0, 0.05) is 12.6 Å². The Bertz CT molecular complexity index is 333. The molecule has 13 heavy (non-hydrogen) atoms. The SMILES string of the molecule is CC(=O)Nc1cccc(C=NN)c1. The molecule has 0 saturated heterocycles. The van der Waals surface area contributed by atoms with Crippen LogP contribution in [0.1, 0.15) is 12.5 Å². The zero-order chi connectivity index (χ0) is 9.68. The Morgan fingerprint density at radius 3 is 3.00 bits per heavy atom. The van der Waals surface area contributed by atoms with E-state index in [1.54, 1.807) is 12.1 Å². The molecular weight excluding hydrogens is 166 g/mol. The Kier molecular flexibility index (Phi) is 3.03. The zero-order valence-electron chi connectivity index (χ0n) is 7.32. The van der Waals surface area contributed by atoms with Crippen LogP contribution in [0.4, 0.5) is 5.69 Å². The fraction of sp³-hybridized carbons (Fsp3) is 0.111. The Hall–Kier alpha value is -1.84. The number of nitrogens with zero attached hydrogens (tertiary/aromatic N) is 1. The van der Waals surface area contributed by atoms with Gasteiger partial charge in [-0.2, -0.15) is 5.10 Å². The highest BCUT2D eigenvalue weighted by Gasteiger charge is 1.95. The number of anilines is 1. The van der Waals surface area contributed by atoms with E-state index >= 15 is 0 Å². The minimum Gasteiger partial charge on any atom is -0.326 e. The van der Waals surface area contributed by atoms with E-state index in [4.69, 9.17) is 5.84 Å². The van der Waals surface area contributed by atoms with Crippen molar-refractivity contribution in [2.24, 2.45) is 10.9 Å². The third-order valence-electron chi connectivity index (χ3n) is 1.43. The van der Waals surface area contributed by atoms with Crippen molar-refractivity contribution in [1.82, 2.24) is 0 Å². The van der Waals surface area contributed by atoms with E-state index in [-0.39, 0.29) is 5.91 Å². The van der Waals surface area contributed by atoms with Crippen molar-refractivity contribution in [3.05, 3.63) is 29.8 Å². The van der Waals surface area contributed by atoms with Gasteiger partial charge in [0.15, 0.2) is 0 Å². The molecule has 0 unspecified atom stereocenters. The van der Waals surface area contributed by atoms with Gasteiger partial charge in [-0.1, -0.05) is 12.1 Å². The maximum Gasteiger partial charge on any atom is 0.221 e. The Morgan fingerprint density at radius 1 is 1.62 bits per heavy atom. The zero-order valence-corrected chi connectivity index (χ0v) is 7.32. The van der Waals surface area contributed by atoms with Crippen molar-refractivity contribution in [2.75, 3.05) is 5.32 Å². The van der Waals surface area contributed by atoms with Gasteiger partial charge >= 0.3 is 0 Å². The molecule has 0 aliphatic carbocycles. The number of amides is 1. The van der Waals surface area contributed by atoms with Crippen LogP contribution >= 0.6 is 0 Å². The van der Waals surface area contributed by atoms with Crippen LogP contribution in [0.25, 0.3) is 0 Å². The van der Waals surface area contributed by atoms with E-state index in [1.165, 1.54) is 13.1 Å². The highest BCUT2D eigenvalue weighted by Crippen LogP contribution is 2.08. The lowest BCUT2D eigenvalue weighted by atomic mass is 10.2. The van der Waals surface area contributed by atoms with Crippen LogP contribution in [0.2, 0.25) is 0 Å². The highest BCUT2D eigenvalue weighted by atomic mass is 16.1. The third kappa shape index (κ3) is 2.94. The molecule has 4 heteroatoms. The topological polar surface area (TPSA) is 67.5 Å². The summed E-state index contributed by atoms with van der Waals surface area (Å²) in [7, 11) is 0. The summed E-state index contributed by atoms with van der Waals surface area (Å²) in [6.07, 6.45) is 1.52. The lowest BCUT2D eigenvalue weighted by Gasteiger charge is -2.01. The molecule has 0 aliphatic heterocycles. The number of carbonyl (C=O) groups is 1. The summed E-state index contributed by atoms with van der Waals surface area (Å²) in [6.45, 7) is 1.46. The molecule has 0 bridgehead atoms. The molecule has 1 aromatic carbocycles. The fourth-order valence-corrected chi connectivity index (χ4v) is 0.986. The average Bonchev–Trinajstić information content (AvgIpc) is 2.04. The van der Waals surface area contributed by atoms with Crippen LogP contribution < -0.4 is 11.2 Å². The summed E-state index contributed by atoms with van der Waals surface area (Å²) in [5.74, 6) is 4.90. The number of hydrogen-bond acceptors (Lipinski definition) is 3. The molecule has 1 aromatic rings. The van der Waals surface area contributed by atoms with E-state index < -0.39 is 0 Å². The fourth-order valence-electron chi connectivity index (χ4n) is 0.986. The number of benzene rings is 1. The second kappa shape index (κ2) is 4.25. The summed E-state index contributed by atoms with van der Waals surface area (Å²) >= 11 is 0. The van der Waals surface area contributed by atoms with Gasteiger partial charge in [0.2, 0.25) is 5.91 Å². The summed E-state index contributed by atoms with van der Waals surface area (Å²) in [4.78, 5) is 10.7. The lowest BCUT2D eigenvalue weighted by Crippen LogP contribution is -2.05. The van der Waals surface area contributed by atoms with Gasteiger partial charge in [-0.3, -0.25) is 4.79 Å². The summed E-state index contributed by atoms with van der Waals surface area (Å²) in [5, 5.41) is 6.05. The minimum atomic E-state index is -0.0955. The number of carbonyl (C=O) groups excluding carboxylic acids is 1. The first kappa shape index (κ1) is 9.25. The van der Waals surface area contributed by atoms with Crippen molar-refractivity contribution < 1.29 is 4.79 Å². The van der Waals surface area contributed by atoms with Gasteiger partial charge < -0.3 is 11.2 Å². The Morgan fingerprint density at radius 2 is 2.38 bits per heavy atom. The number of nitrogens with one attached hydrogen (secondary N) is 1. The molecule has 3 N–H and O–H groups in total. The molecule has 0 heterocycles. The molecule has 4 nitrogen and oxygen atoms in total. The van der Waals surface area contributed by atoms with Gasteiger partial charge in [0.1, 0.15) is 0 Å².